The molecule has 1 saturated heterocycles. The number of aliphatic imine (C=N–C) groups is 1. The van der Waals surface area contributed by atoms with Crippen LogP contribution in [0.25, 0.3) is 0 Å². The van der Waals surface area contributed by atoms with Crippen molar-refractivity contribution in [1.29, 1.82) is 0 Å². The average Bonchev–Trinajstić information content (AvgIpc) is 3.09. The van der Waals surface area contributed by atoms with Crippen molar-refractivity contribution in [3.8, 4) is 0 Å². The lowest BCUT2D eigenvalue weighted by molar-refractivity contribution is -0.116. The van der Waals surface area contributed by atoms with E-state index in [9.17, 15) is 4.79 Å². The predicted molar refractivity (Wildman–Crippen MR) is 133 cm³/mol. The molecule has 1 aromatic rings. The maximum Gasteiger partial charge on any atom is 0.226 e. The lowest BCUT2D eigenvalue weighted by Gasteiger charge is -2.27. The van der Waals surface area contributed by atoms with Crippen molar-refractivity contribution < 1.29 is 4.79 Å². The topological polar surface area (TPSA) is 44.7 Å². The second-order valence-electron chi connectivity index (χ2n) is 8.41. The minimum atomic E-state index is 0. The van der Waals surface area contributed by atoms with Crippen LogP contribution in [0.1, 0.15) is 77.2 Å². The summed E-state index contributed by atoms with van der Waals surface area (Å²) in [6, 6.07) is 9.08. The van der Waals surface area contributed by atoms with Crippen molar-refractivity contribution in [2.45, 2.75) is 90.1 Å². The lowest BCUT2D eigenvalue weighted by atomic mass is 9.96. The van der Waals surface area contributed by atoms with Crippen LogP contribution < -0.4 is 5.32 Å². The molecule has 1 aliphatic carbocycles. The molecule has 2 aliphatic rings. The van der Waals surface area contributed by atoms with Crippen molar-refractivity contribution in [3.63, 3.8) is 0 Å². The van der Waals surface area contributed by atoms with Gasteiger partial charge in [0, 0.05) is 30.4 Å². The number of rotatable bonds is 9. The van der Waals surface area contributed by atoms with Crippen LogP contribution in [0.3, 0.4) is 0 Å². The Balaban J connectivity index is 0.00000320. The fourth-order valence-corrected chi connectivity index (χ4v) is 5.50. The first kappa shape index (κ1) is 25.1. The molecule has 1 saturated carbocycles. The Morgan fingerprint density at radius 1 is 1.13 bits per heavy atom. The van der Waals surface area contributed by atoms with Crippen molar-refractivity contribution in [1.82, 2.24) is 4.90 Å². The van der Waals surface area contributed by atoms with Gasteiger partial charge in [-0.1, -0.05) is 63.4 Å². The van der Waals surface area contributed by atoms with E-state index >= 15 is 0 Å². The molecule has 6 heteroatoms. The lowest BCUT2D eigenvalue weighted by Crippen LogP contribution is -2.37. The van der Waals surface area contributed by atoms with E-state index in [1.807, 2.05) is 23.9 Å². The molecule has 1 amide bonds. The second-order valence-corrected chi connectivity index (χ2v) is 9.40. The van der Waals surface area contributed by atoms with Gasteiger partial charge in [-0.05, 0) is 49.8 Å². The number of halogens is 1. The SMILES string of the molecule is CCCCc1ccc(NC(=O)CC2CS/C(=N\C3CCCCC3)N2CCC)cc1.Cl. The minimum Gasteiger partial charge on any atom is -0.347 e. The van der Waals surface area contributed by atoms with Gasteiger partial charge < -0.3 is 10.2 Å². The summed E-state index contributed by atoms with van der Waals surface area (Å²) in [5, 5.41) is 4.27. The van der Waals surface area contributed by atoms with Crippen molar-refractivity contribution in [2.24, 2.45) is 4.99 Å². The molecule has 0 aromatic heterocycles. The third-order valence-electron chi connectivity index (χ3n) is 5.90. The Hall–Kier alpha value is -1.20. The summed E-state index contributed by atoms with van der Waals surface area (Å²) in [5.74, 6) is 1.08. The maximum absolute atomic E-state index is 12.7. The van der Waals surface area contributed by atoms with Gasteiger partial charge in [0.25, 0.3) is 0 Å². The maximum atomic E-state index is 12.7. The molecule has 1 unspecified atom stereocenters. The summed E-state index contributed by atoms with van der Waals surface area (Å²) in [6.07, 6.45) is 11.6. The van der Waals surface area contributed by atoms with E-state index in [1.165, 1.54) is 55.7 Å². The first-order valence-electron chi connectivity index (χ1n) is 11.6. The van der Waals surface area contributed by atoms with Gasteiger partial charge in [0.15, 0.2) is 5.17 Å². The zero-order chi connectivity index (χ0) is 20.5. The van der Waals surface area contributed by atoms with Gasteiger partial charge in [-0.25, -0.2) is 0 Å². The van der Waals surface area contributed by atoms with Crippen LogP contribution >= 0.6 is 24.2 Å². The Morgan fingerprint density at radius 2 is 1.87 bits per heavy atom. The molecular formula is C24H38ClN3OS. The molecule has 1 aromatic carbocycles. The molecule has 1 atom stereocenters. The van der Waals surface area contributed by atoms with E-state index < -0.39 is 0 Å². The highest BCUT2D eigenvalue weighted by Gasteiger charge is 2.32. The molecule has 2 fully saturated rings. The van der Waals surface area contributed by atoms with E-state index in [2.05, 4.69) is 36.2 Å². The Bertz CT molecular complexity index is 674. The molecule has 168 valence electrons. The largest absolute Gasteiger partial charge is 0.347 e. The highest BCUT2D eigenvalue weighted by Crippen LogP contribution is 2.30. The zero-order valence-corrected chi connectivity index (χ0v) is 20.2. The Kier molecular flexibility index (Phi) is 11.1. The molecule has 3 rings (SSSR count). The number of carbonyl (C=O) groups excluding carboxylic acids is 1. The highest BCUT2D eigenvalue weighted by molar-refractivity contribution is 8.14. The van der Waals surface area contributed by atoms with Gasteiger partial charge in [0.05, 0.1) is 6.04 Å². The van der Waals surface area contributed by atoms with Crippen LogP contribution in [0.15, 0.2) is 29.3 Å². The van der Waals surface area contributed by atoms with Gasteiger partial charge in [-0.3, -0.25) is 9.79 Å². The van der Waals surface area contributed by atoms with Gasteiger partial charge in [-0.2, -0.15) is 0 Å². The smallest absolute Gasteiger partial charge is 0.226 e. The summed E-state index contributed by atoms with van der Waals surface area (Å²) >= 11 is 1.85. The molecule has 0 spiro atoms. The number of anilines is 1. The van der Waals surface area contributed by atoms with Gasteiger partial charge in [0.1, 0.15) is 0 Å². The average molecular weight is 452 g/mol. The fourth-order valence-electron chi connectivity index (χ4n) is 4.23. The van der Waals surface area contributed by atoms with E-state index in [1.54, 1.807) is 0 Å². The van der Waals surface area contributed by atoms with E-state index in [4.69, 9.17) is 4.99 Å². The molecule has 1 aliphatic heterocycles. The van der Waals surface area contributed by atoms with Crippen LogP contribution in [0, 0.1) is 0 Å². The normalized spacial score (nSPS) is 20.9. The number of thioether (sulfide) groups is 1. The number of nitrogens with one attached hydrogen (secondary N) is 1. The predicted octanol–water partition coefficient (Wildman–Crippen LogP) is 6.30. The van der Waals surface area contributed by atoms with Gasteiger partial charge in [-0.15, -0.1) is 12.4 Å². The van der Waals surface area contributed by atoms with Crippen LogP contribution in [0.2, 0.25) is 0 Å². The van der Waals surface area contributed by atoms with Crippen molar-refractivity contribution >= 4 is 40.9 Å². The third kappa shape index (κ3) is 7.49. The molecule has 1 heterocycles. The van der Waals surface area contributed by atoms with Crippen LogP contribution in [-0.4, -0.2) is 40.4 Å². The highest BCUT2D eigenvalue weighted by atomic mass is 35.5. The standard InChI is InChI=1S/C24H37N3OS.ClH/c1-3-5-9-19-12-14-21(15-13-19)25-23(28)17-22-18-29-24(27(22)16-4-2)26-20-10-7-6-8-11-20;/h12-15,20,22H,3-11,16-18H2,1-2H3,(H,25,28);1H/b26-24-;. The van der Waals surface area contributed by atoms with Crippen molar-refractivity contribution in [3.05, 3.63) is 29.8 Å². The Labute approximate surface area is 193 Å². The van der Waals surface area contributed by atoms with Crippen LogP contribution in [-0.2, 0) is 11.2 Å². The summed E-state index contributed by atoms with van der Waals surface area (Å²) in [4.78, 5) is 20.2. The molecule has 30 heavy (non-hydrogen) atoms. The van der Waals surface area contributed by atoms with E-state index in [-0.39, 0.29) is 24.4 Å². The number of hydrogen-bond donors (Lipinski definition) is 1. The van der Waals surface area contributed by atoms with E-state index in [0.29, 0.717) is 12.5 Å². The number of unbranched alkanes of at least 4 members (excludes halogenated alkanes) is 1. The monoisotopic (exact) mass is 451 g/mol. The molecule has 0 bridgehead atoms. The zero-order valence-electron chi connectivity index (χ0n) is 18.6. The first-order valence-corrected chi connectivity index (χ1v) is 12.5. The molecule has 4 nitrogen and oxygen atoms in total. The molecular weight excluding hydrogens is 414 g/mol. The Morgan fingerprint density at radius 3 is 2.53 bits per heavy atom. The number of amidine groups is 1. The number of amides is 1. The first-order chi connectivity index (χ1) is 14.2. The quantitative estimate of drug-likeness (QED) is 0.479. The summed E-state index contributed by atoms with van der Waals surface area (Å²) in [7, 11) is 0. The number of hydrogen-bond acceptors (Lipinski definition) is 3. The van der Waals surface area contributed by atoms with Crippen LogP contribution in [0.5, 0.6) is 0 Å². The number of benzene rings is 1. The van der Waals surface area contributed by atoms with Gasteiger partial charge >= 0.3 is 0 Å². The molecule has 0 radical (unpaired) electrons. The molecule has 1 N–H and O–H groups in total. The number of carbonyl (C=O) groups is 1. The van der Waals surface area contributed by atoms with E-state index in [0.717, 1.165) is 30.8 Å². The van der Waals surface area contributed by atoms with Crippen molar-refractivity contribution in [2.75, 3.05) is 17.6 Å². The fraction of sp³-hybridized carbons (Fsp3) is 0.667. The summed E-state index contributed by atoms with van der Waals surface area (Å²) < 4.78 is 0. The second kappa shape index (κ2) is 13.3. The summed E-state index contributed by atoms with van der Waals surface area (Å²) in [6.45, 7) is 5.41. The van der Waals surface area contributed by atoms with Gasteiger partial charge in [0.2, 0.25) is 5.91 Å². The minimum absolute atomic E-state index is 0. The summed E-state index contributed by atoms with van der Waals surface area (Å²) in [5.41, 5.74) is 2.24. The third-order valence-corrected chi connectivity index (χ3v) is 7.05. The number of aryl methyl sites for hydroxylation is 1. The van der Waals surface area contributed by atoms with Crippen LogP contribution in [0.4, 0.5) is 5.69 Å². The number of nitrogens with zero attached hydrogens (tertiary/aromatic N) is 2.